The first-order valence-corrected chi connectivity index (χ1v) is 6.71. The number of hydrogen-bond donors (Lipinski definition) is 1. The molecular formula is C15H22N2O2. The van der Waals surface area contributed by atoms with E-state index in [0.717, 1.165) is 5.56 Å². The number of hydrogen-bond acceptors (Lipinski definition) is 2. The van der Waals surface area contributed by atoms with Gasteiger partial charge in [-0.2, -0.15) is 0 Å². The Kier molecular flexibility index (Phi) is 4.10. The lowest BCUT2D eigenvalue weighted by Crippen LogP contribution is -2.56. The fourth-order valence-electron chi connectivity index (χ4n) is 2.49. The second-order valence-electron chi connectivity index (χ2n) is 5.71. The molecule has 1 heterocycles. The molecule has 1 atom stereocenters. The van der Waals surface area contributed by atoms with Crippen molar-refractivity contribution in [2.75, 3.05) is 13.1 Å². The zero-order chi connectivity index (χ0) is 13.9. The van der Waals surface area contributed by atoms with E-state index in [1.807, 2.05) is 56.0 Å². The number of carbonyl (C=O) groups is 1. The molecule has 0 aromatic heterocycles. The molecule has 0 radical (unpaired) electrons. The number of rotatable bonds is 2. The van der Waals surface area contributed by atoms with Gasteiger partial charge < -0.3 is 15.0 Å². The van der Waals surface area contributed by atoms with Crippen LogP contribution in [0.25, 0.3) is 0 Å². The van der Waals surface area contributed by atoms with Crippen LogP contribution in [0, 0.1) is 0 Å². The lowest BCUT2D eigenvalue weighted by molar-refractivity contribution is -0.117. The number of nitrogens with one attached hydrogen (secondary N) is 1. The summed E-state index contributed by atoms with van der Waals surface area (Å²) in [6.45, 7) is 7.85. The third-order valence-corrected chi connectivity index (χ3v) is 3.14. The average molecular weight is 262 g/mol. The van der Waals surface area contributed by atoms with Gasteiger partial charge in [-0.05, 0) is 26.3 Å². The predicted molar refractivity (Wildman–Crippen MR) is 74.9 cm³/mol. The maximum absolute atomic E-state index is 12.2. The summed E-state index contributed by atoms with van der Waals surface area (Å²) >= 11 is 0. The first-order valence-electron chi connectivity index (χ1n) is 6.71. The van der Waals surface area contributed by atoms with Gasteiger partial charge in [0.25, 0.3) is 0 Å². The van der Waals surface area contributed by atoms with Gasteiger partial charge >= 0.3 is 6.03 Å². The summed E-state index contributed by atoms with van der Waals surface area (Å²) in [7, 11) is 0. The molecule has 1 saturated heterocycles. The molecule has 1 unspecified atom stereocenters. The average Bonchev–Trinajstić information content (AvgIpc) is 2.34. The highest BCUT2D eigenvalue weighted by molar-refractivity contribution is 5.74. The quantitative estimate of drug-likeness (QED) is 0.889. The van der Waals surface area contributed by atoms with Crippen LogP contribution in [-0.2, 0) is 11.3 Å². The Hall–Kier alpha value is -1.55. The summed E-state index contributed by atoms with van der Waals surface area (Å²) in [5, 5.41) is 2.96. The molecule has 2 rings (SSSR count). The van der Waals surface area contributed by atoms with Gasteiger partial charge in [0.1, 0.15) is 0 Å². The van der Waals surface area contributed by atoms with Crippen molar-refractivity contribution in [3.63, 3.8) is 0 Å². The van der Waals surface area contributed by atoms with E-state index >= 15 is 0 Å². The van der Waals surface area contributed by atoms with Gasteiger partial charge in [0.2, 0.25) is 0 Å². The third kappa shape index (κ3) is 3.96. The van der Waals surface area contributed by atoms with E-state index in [2.05, 4.69) is 5.32 Å². The van der Waals surface area contributed by atoms with Crippen molar-refractivity contribution in [2.45, 2.75) is 39.0 Å². The van der Waals surface area contributed by atoms with Crippen LogP contribution in [0.15, 0.2) is 30.3 Å². The Morgan fingerprint density at radius 1 is 1.42 bits per heavy atom. The number of urea groups is 1. The molecule has 1 aromatic carbocycles. The topological polar surface area (TPSA) is 41.6 Å². The first-order chi connectivity index (χ1) is 8.96. The van der Waals surface area contributed by atoms with Crippen LogP contribution < -0.4 is 5.32 Å². The lowest BCUT2D eigenvalue weighted by Gasteiger charge is -2.41. The second-order valence-corrected chi connectivity index (χ2v) is 5.71. The smallest absolute Gasteiger partial charge is 0.317 e. The van der Waals surface area contributed by atoms with E-state index in [-0.39, 0.29) is 17.7 Å². The predicted octanol–water partition coefficient (Wildman–Crippen LogP) is 2.40. The number of amides is 2. The third-order valence-electron chi connectivity index (χ3n) is 3.14. The van der Waals surface area contributed by atoms with Gasteiger partial charge in [-0.25, -0.2) is 4.79 Å². The van der Waals surface area contributed by atoms with Gasteiger partial charge in [-0.15, -0.1) is 0 Å². The van der Waals surface area contributed by atoms with Gasteiger partial charge in [0, 0.05) is 13.1 Å². The minimum Gasteiger partial charge on any atom is -0.369 e. The summed E-state index contributed by atoms with van der Waals surface area (Å²) in [6, 6.07) is 9.91. The molecule has 0 bridgehead atoms. The minimum atomic E-state index is -0.276. The summed E-state index contributed by atoms with van der Waals surface area (Å²) < 4.78 is 5.80. The monoisotopic (exact) mass is 262 g/mol. The van der Waals surface area contributed by atoms with E-state index < -0.39 is 0 Å². The van der Waals surface area contributed by atoms with Crippen LogP contribution in [0.3, 0.4) is 0 Å². The summed E-state index contributed by atoms with van der Waals surface area (Å²) in [4.78, 5) is 14.0. The molecule has 1 aliphatic heterocycles. The molecule has 2 amide bonds. The molecule has 0 aliphatic carbocycles. The van der Waals surface area contributed by atoms with Gasteiger partial charge in [-0.1, -0.05) is 30.3 Å². The molecule has 1 fully saturated rings. The number of nitrogens with zero attached hydrogens (tertiary/aromatic N) is 1. The van der Waals surface area contributed by atoms with Crippen LogP contribution in [0.5, 0.6) is 0 Å². The van der Waals surface area contributed by atoms with Crippen molar-refractivity contribution >= 4 is 6.03 Å². The van der Waals surface area contributed by atoms with Crippen LogP contribution >= 0.6 is 0 Å². The number of carbonyl (C=O) groups excluding carboxylic acids is 1. The highest BCUT2D eigenvalue weighted by Gasteiger charge is 2.33. The Morgan fingerprint density at radius 2 is 2.11 bits per heavy atom. The molecule has 1 aromatic rings. The van der Waals surface area contributed by atoms with Crippen molar-refractivity contribution in [3.8, 4) is 0 Å². The number of ether oxygens (including phenoxy) is 1. The van der Waals surface area contributed by atoms with Crippen molar-refractivity contribution in [2.24, 2.45) is 0 Å². The van der Waals surface area contributed by atoms with Crippen molar-refractivity contribution < 1.29 is 9.53 Å². The Bertz CT molecular complexity index is 431. The molecule has 4 heteroatoms. The molecule has 1 N–H and O–H groups in total. The highest BCUT2D eigenvalue weighted by atomic mass is 16.5. The molecule has 0 spiro atoms. The van der Waals surface area contributed by atoms with E-state index in [1.165, 1.54) is 0 Å². The zero-order valence-corrected chi connectivity index (χ0v) is 11.8. The molecule has 19 heavy (non-hydrogen) atoms. The van der Waals surface area contributed by atoms with Crippen LogP contribution in [0.1, 0.15) is 26.3 Å². The largest absolute Gasteiger partial charge is 0.369 e. The normalized spacial score (nSPS) is 22.1. The Balaban J connectivity index is 1.89. The fraction of sp³-hybridized carbons (Fsp3) is 0.533. The van der Waals surface area contributed by atoms with Crippen LogP contribution in [-0.4, -0.2) is 35.7 Å². The summed E-state index contributed by atoms with van der Waals surface area (Å²) in [5.41, 5.74) is 0.832. The van der Waals surface area contributed by atoms with Crippen molar-refractivity contribution in [1.82, 2.24) is 10.2 Å². The molecule has 104 valence electrons. The minimum absolute atomic E-state index is 0.0212. The molecule has 0 saturated carbocycles. The lowest BCUT2D eigenvalue weighted by atomic mass is 10.1. The van der Waals surface area contributed by atoms with Crippen LogP contribution in [0.2, 0.25) is 0 Å². The van der Waals surface area contributed by atoms with Gasteiger partial charge in [-0.3, -0.25) is 0 Å². The number of morpholine rings is 1. The SMILES string of the molecule is CC1CN(C(=O)NCc2ccccc2)CC(C)(C)O1. The fourth-order valence-corrected chi connectivity index (χ4v) is 2.49. The maximum Gasteiger partial charge on any atom is 0.317 e. The Labute approximate surface area is 114 Å². The molecule has 4 nitrogen and oxygen atoms in total. The van der Waals surface area contributed by atoms with E-state index in [0.29, 0.717) is 19.6 Å². The van der Waals surface area contributed by atoms with Crippen molar-refractivity contribution in [1.29, 1.82) is 0 Å². The highest BCUT2D eigenvalue weighted by Crippen LogP contribution is 2.20. The molecule has 1 aliphatic rings. The van der Waals surface area contributed by atoms with E-state index in [4.69, 9.17) is 4.74 Å². The second kappa shape index (κ2) is 5.61. The number of benzene rings is 1. The zero-order valence-electron chi connectivity index (χ0n) is 11.8. The first kappa shape index (κ1) is 13.9. The standard InChI is InChI=1S/C15H22N2O2/c1-12-10-17(11-15(2,3)19-12)14(18)16-9-13-7-5-4-6-8-13/h4-8,12H,9-11H2,1-3H3,(H,16,18). The van der Waals surface area contributed by atoms with Gasteiger partial charge in [0.15, 0.2) is 0 Å². The van der Waals surface area contributed by atoms with Crippen molar-refractivity contribution in [3.05, 3.63) is 35.9 Å². The summed E-state index contributed by atoms with van der Waals surface area (Å²) in [5.74, 6) is 0. The summed E-state index contributed by atoms with van der Waals surface area (Å²) in [6.07, 6.45) is 0.0752. The van der Waals surface area contributed by atoms with E-state index in [9.17, 15) is 4.79 Å². The molecular weight excluding hydrogens is 240 g/mol. The van der Waals surface area contributed by atoms with Gasteiger partial charge in [0.05, 0.1) is 18.2 Å². The van der Waals surface area contributed by atoms with E-state index in [1.54, 1.807) is 0 Å². The Morgan fingerprint density at radius 3 is 2.74 bits per heavy atom. The van der Waals surface area contributed by atoms with Crippen LogP contribution in [0.4, 0.5) is 4.79 Å². The maximum atomic E-state index is 12.2.